The summed E-state index contributed by atoms with van der Waals surface area (Å²) >= 11 is 0. The first-order valence-corrected chi connectivity index (χ1v) is 6.71. The van der Waals surface area contributed by atoms with E-state index in [-0.39, 0.29) is 5.92 Å². The topological polar surface area (TPSA) is 32.3 Å². The number of hydrogen-bond donors (Lipinski definition) is 1. The van der Waals surface area contributed by atoms with Gasteiger partial charge >= 0.3 is 0 Å². The van der Waals surface area contributed by atoms with E-state index in [4.69, 9.17) is 0 Å². The van der Waals surface area contributed by atoms with Crippen molar-refractivity contribution in [2.45, 2.75) is 45.6 Å². The average molecular weight is 224 g/mol. The van der Waals surface area contributed by atoms with Crippen molar-refractivity contribution in [1.29, 1.82) is 0 Å². The number of hydrogen-bond acceptors (Lipinski definition) is 2. The molecule has 0 aliphatic carbocycles. The zero-order chi connectivity index (χ0) is 11.5. The van der Waals surface area contributed by atoms with E-state index in [1.807, 2.05) is 0 Å². The van der Waals surface area contributed by atoms with E-state index in [2.05, 4.69) is 24.1 Å². The fourth-order valence-electron chi connectivity index (χ4n) is 2.94. The minimum absolute atomic E-state index is 0.238. The van der Waals surface area contributed by atoms with Gasteiger partial charge in [0.2, 0.25) is 5.91 Å². The van der Waals surface area contributed by atoms with Crippen molar-refractivity contribution in [3.05, 3.63) is 0 Å². The molecule has 2 unspecified atom stereocenters. The molecule has 2 rings (SSSR count). The van der Waals surface area contributed by atoms with Crippen LogP contribution in [0, 0.1) is 11.8 Å². The lowest BCUT2D eigenvalue weighted by molar-refractivity contribution is -0.140. The standard InChI is InChI=1S/C13H24N2O/c1-10-5-4-8-15(11(10)2)13(16)12-6-3-7-14-9-12/h10-12,14H,3-9H2,1-2H3/t10?,11?,12-/m0/s1. The summed E-state index contributed by atoms with van der Waals surface area (Å²) in [7, 11) is 0. The Morgan fingerprint density at radius 2 is 2.06 bits per heavy atom. The van der Waals surface area contributed by atoms with Gasteiger partial charge in [-0.3, -0.25) is 4.79 Å². The highest BCUT2D eigenvalue weighted by Gasteiger charge is 2.32. The highest BCUT2D eigenvalue weighted by molar-refractivity contribution is 5.79. The van der Waals surface area contributed by atoms with Crippen LogP contribution in [0.3, 0.4) is 0 Å². The average Bonchev–Trinajstić information content (AvgIpc) is 2.33. The van der Waals surface area contributed by atoms with Crippen LogP contribution in [0.2, 0.25) is 0 Å². The molecule has 0 spiro atoms. The summed E-state index contributed by atoms with van der Waals surface area (Å²) < 4.78 is 0. The van der Waals surface area contributed by atoms with E-state index in [1.165, 1.54) is 12.8 Å². The molecule has 0 bridgehead atoms. The molecule has 92 valence electrons. The van der Waals surface area contributed by atoms with Crippen molar-refractivity contribution < 1.29 is 4.79 Å². The highest BCUT2D eigenvalue weighted by atomic mass is 16.2. The van der Waals surface area contributed by atoms with Gasteiger partial charge in [-0.05, 0) is 45.1 Å². The van der Waals surface area contributed by atoms with Crippen LogP contribution in [0.4, 0.5) is 0 Å². The molecule has 1 amide bonds. The Balaban J connectivity index is 1.96. The highest BCUT2D eigenvalue weighted by Crippen LogP contribution is 2.25. The third kappa shape index (κ3) is 2.40. The first-order valence-electron chi connectivity index (χ1n) is 6.71. The van der Waals surface area contributed by atoms with Crippen LogP contribution < -0.4 is 5.32 Å². The van der Waals surface area contributed by atoms with Crippen LogP contribution in [0.1, 0.15) is 39.5 Å². The van der Waals surface area contributed by atoms with Crippen LogP contribution in [-0.2, 0) is 4.79 Å². The summed E-state index contributed by atoms with van der Waals surface area (Å²) in [6.45, 7) is 7.41. The van der Waals surface area contributed by atoms with Crippen LogP contribution in [0.5, 0.6) is 0 Å². The Kier molecular flexibility index (Phi) is 3.85. The molecule has 3 nitrogen and oxygen atoms in total. The second kappa shape index (κ2) is 5.17. The molecule has 3 atom stereocenters. The third-order valence-electron chi connectivity index (χ3n) is 4.30. The first-order chi connectivity index (χ1) is 7.70. The minimum Gasteiger partial charge on any atom is -0.339 e. The Hall–Kier alpha value is -0.570. The van der Waals surface area contributed by atoms with Crippen molar-refractivity contribution >= 4 is 5.91 Å². The van der Waals surface area contributed by atoms with Crippen molar-refractivity contribution in [3.8, 4) is 0 Å². The van der Waals surface area contributed by atoms with Gasteiger partial charge in [0.25, 0.3) is 0 Å². The van der Waals surface area contributed by atoms with Crippen LogP contribution >= 0.6 is 0 Å². The molecule has 2 aliphatic rings. The van der Waals surface area contributed by atoms with Crippen LogP contribution in [-0.4, -0.2) is 36.5 Å². The predicted molar refractivity (Wildman–Crippen MR) is 65.2 cm³/mol. The monoisotopic (exact) mass is 224 g/mol. The molecule has 0 aromatic carbocycles. The zero-order valence-electron chi connectivity index (χ0n) is 10.5. The van der Waals surface area contributed by atoms with Crippen LogP contribution in [0.15, 0.2) is 0 Å². The summed E-state index contributed by atoms with van der Waals surface area (Å²) in [5, 5.41) is 3.33. The number of nitrogens with zero attached hydrogens (tertiary/aromatic N) is 1. The maximum Gasteiger partial charge on any atom is 0.227 e. The molecule has 0 saturated carbocycles. The van der Waals surface area contributed by atoms with E-state index >= 15 is 0 Å². The van der Waals surface area contributed by atoms with Gasteiger partial charge in [0.15, 0.2) is 0 Å². The van der Waals surface area contributed by atoms with Crippen LogP contribution in [0.25, 0.3) is 0 Å². The quantitative estimate of drug-likeness (QED) is 0.734. The van der Waals surface area contributed by atoms with Gasteiger partial charge in [0.1, 0.15) is 0 Å². The molecule has 2 heterocycles. The largest absolute Gasteiger partial charge is 0.339 e. The number of carbonyl (C=O) groups is 1. The van der Waals surface area contributed by atoms with E-state index < -0.39 is 0 Å². The Morgan fingerprint density at radius 1 is 1.25 bits per heavy atom. The Bertz CT molecular complexity index is 248. The minimum atomic E-state index is 0.238. The molecular formula is C13H24N2O. The summed E-state index contributed by atoms with van der Waals surface area (Å²) in [6, 6.07) is 0.433. The number of carbonyl (C=O) groups excluding carboxylic acids is 1. The fourth-order valence-corrected chi connectivity index (χ4v) is 2.94. The van der Waals surface area contributed by atoms with Crippen molar-refractivity contribution in [2.75, 3.05) is 19.6 Å². The Morgan fingerprint density at radius 3 is 2.75 bits per heavy atom. The molecule has 0 radical (unpaired) electrons. The molecule has 3 heteroatoms. The second-order valence-electron chi connectivity index (χ2n) is 5.44. The van der Waals surface area contributed by atoms with Gasteiger partial charge in [-0.25, -0.2) is 0 Å². The number of nitrogens with one attached hydrogen (secondary N) is 1. The zero-order valence-corrected chi connectivity index (χ0v) is 10.5. The van der Waals surface area contributed by atoms with E-state index in [0.717, 1.165) is 32.5 Å². The van der Waals surface area contributed by atoms with E-state index in [0.29, 0.717) is 17.9 Å². The lowest BCUT2D eigenvalue weighted by Gasteiger charge is -2.40. The number of amides is 1. The molecule has 0 aromatic rings. The lowest BCUT2D eigenvalue weighted by atomic mass is 9.89. The maximum absolute atomic E-state index is 12.4. The molecule has 1 N–H and O–H groups in total. The third-order valence-corrected chi connectivity index (χ3v) is 4.30. The van der Waals surface area contributed by atoms with Crippen molar-refractivity contribution in [2.24, 2.45) is 11.8 Å². The smallest absolute Gasteiger partial charge is 0.227 e. The van der Waals surface area contributed by atoms with Gasteiger partial charge in [0.05, 0.1) is 5.92 Å². The molecule has 0 aromatic heterocycles. The van der Waals surface area contributed by atoms with Gasteiger partial charge in [0, 0.05) is 19.1 Å². The second-order valence-corrected chi connectivity index (χ2v) is 5.44. The molecule has 2 fully saturated rings. The summed E-state index contributed by atoms with van der Waals surface area (Å²) in [4.78, 5) is 14.5. The normalized spacial score (nSPS) is 36.1. The van der Waals surface area contributed by atoms with E-state index in [1.54, 1.807) is 0 Å². The molecular weight excluding hydrogens is 200 g/mol. The van der Waals surface area contributed by atoms with Gasteiger partial charge in [-0.15, -0.1) is 0 Å². The van der Waals surface area contributed by atoms with E-state index in [9.17, 15) is 4.79 Å². The number of rotatable bonds is 1. The van der Waals surface area contributed by atoms with Crippen molar-refractivity contribution in [3.63, 3.8) is 0 Å². The molecule has 2 saturated heterocycles. The maximum atomic E-state index is 12.4. The SMILES string of the molecule is CC1CCCN(C(=O)[C@H]2CCCNC2)C1C. The Labute approximate surface area is 98.6 Å². The lowest BCUT2D eigenvalue weighted by Crippen LogP contribution is -2.50. The summed E-state index contributed by atoms with van der Waals surface area (Å²) in [5.74, 6) is 1.29. The number of likely N-dealkylation sites (tertiary alicyclic amines) is 1. The predicted octanol–water partition coefficient (Wildman–Crippen LogP) is 1.63. The fraction of sp³-hybridized carbons (Fsp3) is 0.923. The molecule has 16 heavy (non-hydrogen) atoms. The van der Waals surface area contributed by atoms with Crippen molar-refractivity contribution in [1.82, 2.24) is 10.2 Å². The van der Waals surface area contributed by atoms with Gasteiger partial charge in [-0.2, -0.15) is 0 Å². The number of piperidine rings is 2. The molecule has 2 aliphatic heterocycles. The summed E-state index contributed by atoms with van der Waals surface area (Å²) in [5.41, 5.74) is 0. The first kappa shape index (κ1) is 11.9. The van der Waals surface area contributed by atoms with Gasteiger partial charge < -0.3 is 10.2 Å². The summed E-state index contributed by atoms with van der Waals surface area (Å²) in [6.07, 6.45) is 4.67. The van der Waals surface area contributed by atoms with Gasteiger partial charge in [-0.1, -0.05) is 6.92 Å².